The van der Waals surface area contributed by atoms with Crippen molar-refractivity contribution in [3.05, 3.63) is 18.0 Å². The molecule has 1 saturated heterocycles. The highest BCUT2D eigenvalue weighted by Crippen LogP contribution is 2.27. The smallest absolute Gasteiger partial charge is 0.0764 e. The van der Waals surface area contributed by atoms with Crippen LogP contribution in [0.15, 0.2) is 12.3 Å². The number of β-amino-alcohol motifs (C(OH)–C–C–N with tert-alkyl or cyclic N) is 1. The van der Waals surface area contributed by atoms with Crippen LogP contribution in [0.3, 0.4) is 0 Å². The van der Waals surface area contributed by atoms with Crippen molar-refractivity contribution in [1.29, 1.82) is 0 Å². The highest BCUT2D eigenvalue weighted by molar-refractivity contribution is 5.00. The first-order valence-electron chi connectivity index (χ1n) is 8.17. The van der Waals surface area contributed by atoms with E-state index in [4.69, 9.17) is 5.10 Å². The Balaban J connectivity index is 1.57. The normalized spacial score (nSPS) is 29.7. The third-order valence-corrected chi connectivity index (χ3v) is 5.00. The standard InChI is InChI=1S/C16H27N3O/c1-13-7-9-18(12-16(13)20)11-14-8-10-19(17-14)15-5-3-2-4-6-15/h8,10,13,15-16,20H,2-7,9,11-12H2,1H3. The average Bonchev–Trinajstić information content (AvgIpc) is 2.92. The predicted molar refractivity (Wildman–Crippen MR) is 79.4 cm³/mol. The van der Waals surface area contributed by atoms with E-state index < -0.39 is 0 Å². The van der Waals surface area contributed by atoms with Gasteiger partial charge in [-0.05, 0) is 37.8 Å². The number of aliphatic hydroxyl groups is 1. The van der Waals surface area contributed by atoms with Gasteiger partial charge >= 0.3 is 0 Å². The largest absolute Gasteiger partial charge is 0.392 e. The van der Waals surface area contributed by atoms with Crippen molar-refractivity contribution < 1.29 is 5.11 Å². The molecule has 1 aliphatic carbocycles. The second kappa shape index (κ2) is 6.27. The SMILES string of the molecule is CC1CCN(Cc2ccn(C3CCCCC3)n2)CC1O. The Labute approximate surface area is 121 Å². The van der Waals surface area contributed by atoms with Gasteiger partial charge in [-0.1, -0.05) is 26.2 Å². The lowest BCUT2D eigenvalue weighted by Gasteiger charge is -2.33. The molecule has 2 fully saturated rings. The third-order valence-electron chi connectivity index (χ3n) is 5.00. The Bertz CT molecular complexity index is 425. The number of hydrogen-bond donors (Lipinski definition) is 1. The molecule has 1 aromatic rings. The molecule has 1 saturated carbocycles. The summed E-state index contributed by atoms with van der Waals surface area (Å²) in [5.74, 6) is 0.436. The predicted octanol–water partition coefficient (Wildman–Crippen LogP) is 2.59. The van der Waals surface area contributed by atoms with Crippen molar-refractivity contribution >= 4 is 0 Å². The van der Waals surface area contributed by atoms with Crippen LogP contribution in [-0.4, -0.2) is 39.0 Å². The van der Waals surface area contributed by atoms with Gasteiger partial charge < -0.3 is 5.11 Å². The highest BCUT2D eigenvalue weighted by Gasteiger charge is 2.24. The fraction of sp³-hybridized carbons (Fsp3) is 0.812. The Morgan fingerprint density at radius 1 is 1.25 bits per heavy atom. The van der Waals surface area contributed by atoms with Gasteiger partial charge in [-0.3, -0.25) is 9.58 Å². The Hall–Kier alpha value is -0.870. The van der Waals surface area contributed by atoms with Crippen LogP contribution in [0.5, 0.6) is 0 Å². The summed E-state index contributed by atoms with van der Waals surface area (Å²) in [7, 11) is 0. The zero-order valence-electron chi connectivity index (χ0n) is 12.5. The van der Waals surface area contributed by atoms with E-state index in [0.29, 0.717) is 12.0 Å². The topological polar surface area (TPSA) is 41.3 Å². The van der Waals surface area contributed by atoms with Crippen molar-refractivity contribution in [2.45, 2.75) is 64.1 Å². The summed E-state index contributed by atoms with van der Waals surface area (Å²) in [5, 5.41) is 14.7. The number of rotatable bonds is 3. The van der Waals surface area contributed by atoms with Crippen LogP contribution in [0.4, 0.5) is 0 Å². The van der Waals surface area contributed by atoms with E-state index in [0.717, 1.165) is 31.7 Å². The molecular formula is C16H27N3O. The summed E-state index contributed by atoms with van der Waals surface area (Å²) in [6.07, 6.45) is 9.69. The molecule has 0 amide bonds. The van der Waals surface area contributed by atoms with E-state index >= 15 is 0 Å². The lowest BCUT2D eigenvalue weighted by molar-refractivity contribution is 0.0253. The minimum atomic E-state index is -0.177. The molecule has 1 N–H and O–H groups in total. The average molecular weight is 277 g/mol. The van der Waals surface area contributed by atoms with E-state index in [1.807, 2.05) is 0 Å². The maximum Gasteiger partial charge on any atom is 0.0764 e. The van der Waals surface area contributed by atoms with Crippen molar-refractivity contribution in [3.63, 3.8) is 0 Å². The lowest BCUT2D eigenvalue weighted by atomic mass is 9.96. The van der Waals surface area contributed by atoms with Crippen LogP contribution < -0.4 is 0 Å². The molecule has 2 unspecified atom stereocenters. The van der Waals surface area contributed by atoms with Crippen LogP contribution in [-0.2, 0) is 6.54 Å². The summed E-state index contributed by atoms with van der Waals surface area (Å²) in [5.41, 5.74) is 1.15. The second-order valence-corrected chi connectivity index (χ2v) is 6.65. The monoisotopic (exact) mass is 277 g/mol. The van der Waals surface area contributed by atoms with Gasteiger partial charge in [-0.2, -0.15) is 5.10 Å². The molecule has 112 valence electrons. The molecule has 20 heavy (non-hydrogen) atoms. The first-order valence-corrected chi connectivity index (χ1v) is 8.17. The minimum absolute atomic E-state index is 0.177. The summed E-state index contributed by atoms with van der Waals surface area (Å²) in [4.78, 5) is 2.33. The molecule has 3 rings (SSSR count). The maximum atomic E-state index is 9.97. The van der Waals surface area contributed by atoms with Crippen molar-refractivity contribution in [3.8, 4) is 0 Å². The molecule has 0 bridgehead atoms. The highest BCUT2D eigenvalue weighted by atomic mass is 16.3. The summed E-state index contributed by atoms with van der Waals surface area (Å²) >= 11 is 0. The number of piperidine rings is 1. The molecule has 4 heteroatoms. The number of hydrogen-bond acceptors (Lipinski definition) is 3. The van der Waals surface area contributed by atoms with E-state index in [9.17, 15) is 5.11 Å². The van der Waals surface area contributed by atoms with Crippen LogP contribution in [0.25, 0.3) is 0 Å². The van der Waals surface area contributed by atoms with Gasteiger partial charge in [0.15, 0.2) is 0 Å². The fourth-order valence-corrected chi connectivity index (χ4v) is 3.50. The van der Waals surface area contributed by atoms with Gasteiger partial charge in [-0.15, -0.1) is 0 Å². The van der Waals surface area contributed by atoms with Gasteiger partial charge in [-0.25, -0.2) is 0 Å². The van der Waals surface area contributed by atoms with Gasteiger partial charge in [0.05, 0.1) is 17.8 Å². The first kappa shape index (κ1) is 14.1. The number of aliphatic hydroxyl groups excluding tert-OH is 1. The Morgan fingerprint density at radius 3 is 2.80 bits per heavy atom. The number of likely N-dealkylation sites (tertiary alicyclic amines) is 1. The van der Waals surface area contributed by atoms with Crippen LogP contribution in [0.2, 0.25) is 0 Å². The quantitative estimate of drug-likeness (QED) is 0.923. The van der Waals surface area contributed by atoms with E-state index in [-0.39, 0.29) is 6.10 Å². The number of aromatic nitrogens is 2. The first-order chi connectivity index (χ1) is 9.72. The number of nitrogens with zero attached hydrogens (tertiary/aromatic N) is 3. The van der Waals surface area contributed by atoms with Gasteiger partial charge in [0, 0.05) is 19.3 Å². The Kier molecular flexibility index (Phi) is 4.41. The van der Waals surface area contributed by atoms with Crippen molar-refractivity contribution in [2.75, 3.05) is 13.1 Å². The second-order valence-electron chi connectivity index (χ2n) is 6.65. The maximum absolute atomic E-state index is 9.97. The zero-order valence-corrected chi connectivity index (χ0v) is 12.5. The van der Waals surface area contributed by atoms with Crippen LogP contribution in [0, 0.1) is 5.92 Å². The van der Waals surface area contributed by atoms with E-state index in [1.165, 1.54) is 32.1 Å². The third kappa shape index (κ3) is 3.23. The van der Waals surface area contributed by atoms with Crippen molar-refractivity contribution in [2.24, 2.45) is 5.92 Å². The summed E-state index contributed by atoms with van der Waals surface area (Å²) in [6.45, 7) is 4.88. The van der Waals surface area contributed by atoms with Gasteiger partial charge in [0.1, 0.15) is 0 Å². The van der Waals surface area contributed by atoms with E-state index in [2.05, 4.69) is 28.8 Å². The molecule has 2 aliphatic rings. The Morgan fingerprint density at radius 2 is 2.05 bits per heavy atom. The summed E-state index contributed by atoms with van der Waals surface area (Å²) < 4.78 is 2.18. The summed E-state index contributed by atoms with van der Waals surface area (Å²) in [6, 6.07) is 2.77. The fourth-order valence-electron chi connectivity index (χ4n) is 3.50. The van der Waals surface area contributed by atoms with Gasteiger partial charge in [0.25, 0.3) is 0 Å². The van der Waals surface area contributed by atoms with Crippen LogP contribution >= 0.6 is 0 Å². The van der Waals surface area contributed by atoms with E-state index in [1.54, 1.807) is 0 Å². The molecule has 2 atom stereocenters. The molecule has 0 radical (unpaired) electrons. The molecular weight excluding hydrogens is 250 g/mol. The molecule has 0 aromatic carbocycles. The molecule has 2 heterocycles. The molecule has 4 nitrogen and oxygen atoms in total. The minimum Gasteiger partial charge on any atom is -0.392 e. The molecule has 1 aliphatic heterocycles. The van der Waals surface area contributed by atoms with Crippen LogP contribution in [0.1, 0.15) is 57.2 Å². The van der Waals surface area contributed by atoms with Gasteiger partial charge in [0.2, 0.25) is 0 Å². The van der Waals surface area contributed by atoms with Crippen molar-refractivity contribution in [1.82, 2.24) is 14.7 Å². The molecule has 1 aromatic heterocycles. The lowest BCUT2D eigenvalue weighted by Crippen LogP contribution is -2.42. The zero-order chi connectivity index (χ0) is 13.9. The molecule has 0 spiro atoms.